The van der Waals surface area contributed by atoms with Gasteiger partial charge in [-0.3, -0.25) is 15.0 Å². The van der Waals surface area contributed by atoms with Gasteiger partial charge in [0, 0.05) is 6.20 Å². The molecule has 2 amide bonds. The quantitative estimate of drug-likeness (QED) is 0.313. The van der Waals surface area contributed by atoms with Crippen molar-refractivity contribution in [3.8, 4) is 5.82 Å². The Kier molecular flexibility index (Phi) is 6.27. The van der Waals surface area contributed by atoms with E-state index in [-0.39, 0.29) is 27.8 Å². The molecule has 0 radical (unpaired) electrons. The first kappa shape index (κ1) is 22.2. The van der Waals surface area contributed by atoms with Gasteiger partial charge < -0.3 is 5.32 Å². The Hall–Kier alpha value is -3.44. The number of rotatable bonds is 5. The van der Waals surface area contributed by atoms with Gasteiger partial charge in [-0.05, 0) is 42.8 Å². The number of aryl methyl sites for hydroxylation is 1. The lowest BCUT2D eigenvalue weighted by atomic mass is 10.1. The van der Waals surface area contributed by atoms with Crippen molar-refractivity contribution in [2.45, 2.75) is 19.5 Å². The molecule has 4 N–H and O–H groups in total. The fraction of sp³-hybridized carbons (Fsp3) is 0.158. The fourth-order valence-corrected chi connectivity index (χ4v) is 3.00. The molecule has 1 aromatic carbocycles. The van der Waals surface area contributed by atoms with Gasteiger partial charge in [-0.2, -0.15) is 18.3 Å². The first-order valence-electron chi connectivity index (χ1n) is 8.78. The van der Waals surface area contributed by atoms with Crippen LogP contribution in [0.3, 0.4) is 0 Å². The zero-order valence-corrected chi connectivity index (χ0v) is 16.8. The van der Waals surface area contributed by atoms with Crippen molar-refractivity contribution in [2.24, 2.45) is 5.84 Å². The fourth-order valence-electron chi connectivity index (χ4n) is 2.80. The molecule has 31 heavy (non-hydrogen) atoms. The third-order valence-electron chi connectivity index (χ3n) is 4.18. The summed E-state index contributed by atoms with van der Waals surface area (Å²) in [5.41, 5.74) is 1.67. The molecule has 8 nitrogen and oxygen atoms in total. The maximum absolute atomic E-state index is 13.2. The molecule has 0 atom stereocenters. The molecule has 2 aromatic heterocycles. The van der Waals surface area contributed by atoms with E-state index in [1.807, 2.05) is 5.43 Å². The van der Waals surface area contributed by atoms with Crippen LogP contribution in [0, 0.1) is 6.92 Å². The van der Waals surface area contributed by atoms with Crippen LogP contribution in [0.15, 0.2) is 42.6 Å². The average molecular weight is 453 g/mol. The molecule has 12 heteroatoms. The Balaban J connectivity index is 1.95. The van der Waals surface area contributed by atoms with Crippen molar-refractivity contribution in [1.82, 2.24) is 20.2 Å². The number of amides is 2. The Bertz CT molecular complexity index is 1150. The predicted octanol–water partition coefficient (Wildman–Crippen LogP) is 3.03. The van der Waals surface area contributed by atoms with Crippen LogP contribution in [0.5, 0.6) is 0 Å². The standard InChI is InChI=1S/C19H16ClF3N6O2/c1-10-4-5-12(18(31)27-24)14(7-10)26-16(30)9-11-8-15(19(21,22)23)28-29(11)17-13(20)3-2-6-25-17/h2-8H,9,24H2,1H3,(H,26,30)(H,27,31). The summed E-state index contributed by atoms with van der Waals surface area (Å²) in [6, 6.07) is 8.34. The number of nitrogen functional groups attached to an aromatic ring is 1. The summed E-state index contributed by atoms with van der Waals surface area (Å²) in [6.07, 6.45) is -3.89. The van der Waals surface area contributed by atoms with Gasteiger partial charge in [0.15, 0.2) is 11.5 Å². The number of nitrogens with two attached hydrogens (primary N) is 1. The maximum atomic E-state index is 13.2. The molecule has 162 valence electrons. The monoisotopic (exact) mass is 452 g/mol. The second-order valence-corrected chi connectivity index (χ2v) is 6.89. The number of benzene rings is 1. The number of anilines is 1. The van der Waals surface area contributed by atoms with E-state index in [0.717, 1.165) is 16.3 Å². The van der Waals surface area contributed by atoms with Crippen LogP contribution < -0.4 is 16.6 Å². The number of halogens is 4. The lowest BCUT2D eigenvalue weighted by molar-refractivity contribution is -0.141. The molecule has 0 fully saturated rings. The molecule has 2 heterocycles. The minimum atomic E-state index is -4.74. The summed E-state index contributed by atoms with van der Waals surface area (Å²) in [5, 5.41) is 6.11. The van der Waals surface area contributed by atoms with Gasteiger partial charge in [-0.25, -0.2) is 15.5 Å². The topological polar surface area (TPSA) is 115 Å². The minimum absolute atomic E-state index is 0.0544. The van der Waals surface area contributed by atoms with Gasteiger partial charge >= 0.3 is 6.18 Å². The number of hydrogen-bond donors (Lipinski definition) is 3. The molecule has 0 spiro atoms. The summed E-state index contributed by atoms with van der Waals surface area (Å²) in [7, 11) is 0. The number of aromatic nitrogens is 3. The minimum Gasteiger partial charge on any atom is -0.325 e. The summed E-state index contributed by atoms with van der Waals surface area (Å²) in [6.45, 7) is 1.74. The molecular formula is C19H16ClF3N6O2. The Labute approximate surface area is 179 Å². The van der Waals surface area contributed by atoms with Gasteiger partial charge in [0.25, 0.3) is 5.91 Å². The zero-order valence-electron chi connectivity index (χ0n) is 16.0. The average Bonchev–Trinajstić information content (AvgIpc) is 3.11. The summed E-state index contributed by atoms with van der Waals surface area (Å²) in [5.74, 6) is 3.78. The number of hydrazine groups is 1. The smallest absolute Gasteiger partial charge is 0.325 e. The number of nitrogens with one attached hydrogen (secondary N) is 2. The molecule has 0 aliphatic carbocycles. The van der Waals surface area contributed by atoms with Crippen LogP contribution in [-0.2, 0) is 17.4 Å². The van der Waals surface area contributed by atoms with Crippen LogP contribution in [-0.4, -0.2) is 26.6 Å². The SMILES string of the molecule is Cc1ccc(C(=O)NN)c(NC(=O)Cc2cc(C(F)(F)F)nn2-c2ncccc2Cl)c1. The largest absolute Gasteiger partial charge is 0.435 e. The second kappa shape index (κ2) is 8.74. The lowest BCUT2D eigenvalue weighted by Crippen LogP contribution is -2.31. The van der Waals surface area contributed by atoms with Crippen molar-refractivity contribution < 1.29 is 22.8 Å². The van der Waals surface area contributed by atoms with Crippen molar-refractivity contribution in [3.63, 3.8) is 0 Å². The van der Waals surface area contributed by atoms with E-state index < -0.39 is 30.1 Å². The normalized spacial score (nSPS) is 11.3. The van der Waals surface area contributed by atoms with E-state index in [2.05, 4.69) is 15.4 Å². The van der Waals surface area contributed by atoms with Gasteiger partial charge in [0.05, 0.1) is 28.4 Å². The third-order valence-corrected chi connectivity index (χ3v) is 4.47. The number of pyridine rings is 1. The van der Waals surface area contributed by atoms with Crippen molar-refractivity contribution >= 4 is 29.1 Å². The Morgan fingerprint density at radius 3 is 2.61 bits per heavy atom. The van der Waals surface area contributed by atoms with Crippen LogP contribution in [0.25, 0.3) is 5.82 Å². The highest BCUT2D eigenvalue weighted by Crippen LogP contribution is 2.30. The predicted molar refractivity (Wildman–Crippen MR) is 107 cm³/mol. The zero-order chi connectivity index (χ0) is 22.8. The summed E-state index contributed by atoms with van der Waals surface area (Å²) < 4.78 is 40.5. The van der Waals surface area contributed by atoms with Crippen molar-refractivity contribution in [1.29, 1.82) is 0 Å². The van der Waals surface area contributed by atoms with Crippen molar-refractivity contribution in [3.05, 3.63) is 70.1 Å². The van der Waals surface area contributed by atoms with Crippen LogP contribution >= 0.6 is 11.6 Å². The van der Waals surface area contributed by atoms with Crippen LogP contribution in [0.1, 0.15) is 27.3 Å². The van der Waals surface area contributed by atoms with E-state index in [1.165, 1.54) is 30.5 Å². The van der Waals surface area contributed by atoms with Gasteiger partial charge in [0.2, 0.25) is 5.91 Å². The van der Waals surface area contributed by atoms with E-state index in [4.69, 9.17) is 17.4 Å². The summed E-state index contributed by atoms with van der Waals surface area (Å²) >= 11 is 6.05. The van der Waals surface area contributed by atoms with Gasteiger partial charge in [-0.1, -0.05) is 17.7 Å². The molecule has 3 aromatic rings. The first-order chi connectivity index (χ1) is 14.6. The maximum Gasteiger partial charge on any atom is 0.435 e. The highest BCUT2D eigenvalue weighted by Gasteiger charge is 2.35. The number of hydrogen-bond acceptors (Lipinski definition) is 5. The van der Waals surface area contributed by atoms with E-state index in [1.54, 1.807) is 13.0 Å². The number of carbonyl (C=O) groups is 2. The molecule has 3 rings (SSSR count). The van der Waals surface area contributed by atoms with Gasteiger partial charge in [0.1, 0.15) is 0 Å². The molecule has 0 aliphatic rings. The number of carbonyl (C=O) groups excluding carboxylic acids is 2. The molecule has 0 saturated heterocycles. The Morgan fingerprint density at radius 2 is 1.97 bits per heavy atom. The van der Waals surface area contributed by atoms with E-state index in [9.17, 15) is 22.8 Å². The lowest BCUT2D eigenvalue weighted by Gasteiger charge is -2.12. The molecule has 0 bridgehead atoms. The van der Waals surface area contributed by atoms with Crippen LogP contribution in [0.4, 0.5) is 18.9 Å². The molecule has 0 aliphatic heterocycles. The molecule has 0 saturated carbocycles. The van der Waals surface area contributed by atoms with Crippen molar-refractivity contribution in [2.75, 3.05) is 5.32 Å². The van der Waals surface area contributed by atoms with Gasteiger partial charge in [-0.15, -0.1) is 0 Å². The van der Waals surface area contributed by atoms with E-state index in [0.29, 0.717) is 0 Å². The molecular weight excluding hydrogens is 437 g/mol. The van der Waals surface area contributed by atoms with Crippen LogP contribution in [0.2, 0.25) is 5.02 Å². The number of alkyl halides is 3. The highest BCUT2D eigenvalue weighted by molar-refractivity contribution is 6.32. The highest BCUT2D eigenvalue weighted by atomic mass is 35.5. The Morgan fingerprint density at radius 1 is 1.23 bits per heavy atom. The molecule has 0 unspecified atom stereocenters. The number of nitrogens with zero attached hydrogens (tertiary/aromatic N) is 3. The second-order valence-electron chi connectivity index (χ2n) is 6.49. The first-order valence-corrected chi connectivity index (χ1v) is 9.16. The third kappa shape index (κ3) is 5.01. The van der Waals surface area contributed by atoms with E-state index >= 15 is 0 Å². The summed E-state index contributed by atoms with van der Waals surface area (Å²) in [4.78, 5) is 28.5.